The number of methoxy groups -OCH3 is 1. The van der Waals surface area contributed by atoms with E-state index in [0.29, 0.717) is 31.9 Å². The minimum atomic E-state index is -1.30. The molecule has 0 saturated carbocycles. The Morgan fingerprint density at radius 2 is 0.958 bits per heavy atom. The highest BCUT2D eigenvalue weighted by molar-refractivity contribution is 7.99. The Hall–Kier alpha value is -5.86. The molecule has 0 aromatic rings. The first-order chi connectivity index (χ1) is 44.6. The van der Waals surface area contributed by atoms with Gasteiger partial charge in [0.15, 0.2) is 0 Å². The van der Waals surface area contributed by atoms with Crippen LogP contribution in [0.4, 0.5) is 0 Å². The van der Waals surface area contributed by atoms with Crippen LogP contribution in [-0.4, -0.2) is 277 Å². The Labute approximate surface area is 580 Å². The Morgan fingerprint density at radius 3 is 1.46 bits per heavy atom. The molecule has 2 saturated heterocycles. The number of hydrogen-bond donors (Lipinski definition) is 4. The second-order valence-electron chi connectivity index (χ2n) is 29.3. The zero-order valence-electron chi connectivity index (χ0n) is 63.2. The van der Waals surface area contributed by atoms with E-state index in [1.165, 1.54) is 116 Å². The van der Waals surface area contributed by atoms with Crippen LogP contribution in [0.25, 0.3) is 0 Å². The van der Waals surface area contributed by atoms with Crippen LogP contribution in [0.2, 0.25) is 0 Å². The summed E-state index contributed by atoms with van der Waals surface area (Å²) >= 11 is 1.45. The van der Waals surface area contributed by atoms with E-state index in [1.807, 2.05) is 67.5 Å². The average Bonchev–Trinajstić information content (AvgIpc) is 0.811. The summed E-state index contributed by atoms with van der Waals surface area (Å²) in [6, 6.07) is -13.2. The first-order valence-electron chi connectivity index (χ1n) is 34.7. The maximum atomic E-state index is 15.6. The third-order valence-electron chi connectivity index (χ3n) is 18.7. The van der Waals surface area contributed by atoms with Crippen LogP contribution >= 0.6 is 11.8 Å². The van der Waals surface area contributed by atoms with Crippen molar-refractivity contribution in [2.45, 2.75) is 235 Å². The number of rotatable bonds is 21. The Morgan fingerprint density at radius 1 is 0.521 bits per heavy atom. The average molecular weight is 1380 g/mol. The van der Waals surface area contributed by atoms with Gasteiger partial charge in [-0.05, 0) is 109 Å². The second kappa shape index (κ2) is 40.3. The van der Waals surface area contributed by atoms with Gasteiger partial charge in [-0.2, -0.15) is 11.8 Å². The molecule has 0 aromatic carbocycles. The number of hydrogen-bond acceptors (Lipinski definition) is 15. The van der Waals surface area contributed by atoms with Gasteiger partial charge in [0, 0.05) is 94.0 Å². The van der Waals surface area contributed by atoms with Gasteiger partial charge in [-0.3, -0.25) is 57.6 Å². The topological polar surface area (TPSA) is 280 Å². The van der Waals surface area contributed by atoms with Crippen molar-refractivity contribution in [1.29, 1.82) is 0 Å². The summed E-state index contributed by atoms with van der Waals surface area (Å²) in [5.41, 5.74) is -1.02. The third kappa shape index (κ3) is 25.1. The van der Waals surface area contributed by atoms with Crippen molar-refractivity contribution in [2.24, 2.45) is 35.5 Å². The van der Waals surface area contributed by atoms with Gasteiger partial charge in [0.05, 0.1) is 18.8 Å². The molecule has 4 N–H and O–H groups in total. The van der Waals surface area contributed by atoms with Crippen molar-refractivity contribution in [2.75, 3.05) is 101 Å². The van der Waals surface area contributed by atoms with Gasteiger partial charge in [-0.25, -0.2) is 0 Å². The van der Waals surface area contributed by atoms with Crippen molar-refractivity contribution in [3.8, 4) is 0 Å². The molecule has 2 aliphatic heterocycles. The summed E-state index contributed by atoms with van der Waals surface area (Å²) in [7, 11) is 11.9. The molecule has 2 heterocycles. The summed E-state index contributed by atoms with van der Waals surface area (Å²) in [6.45, 7) is 33.7. The zero-order valence-corrected chi connectivity index (χ0v) is 64.0. The number of amides is 11. The van der Waals surface area contributed by atoms with Crippen LogP contribution in [-0.2, 0) is 62.2 Å². The molecule has 96 heavy (non-hydrogen) atoms. The molecular formula is C70H126N12O13S. The summed E-state index contributed by atoms with van der Waals surface area (Å²) in [5, 5.41) is 11.4. The molecule has 2 aliphatic rings. The lowest BCUT2D eigenvalue weighted by Crippen LogP contribution is -2.62. The van der Waals surface area contributed by atoms with Gasteiger partial charge in [-0.15, -0.1) is 0 Å². The van der Waals surface area contributed by atoms with Gasteiger partial charge < -0.3 is 65.0 Å². The number of carbonyl (C=O) groups is 11. The highest BCUT2D eigenvalue weighted by atomic mass is 32.2. The minimum Gasteiger partial charge on any atom is -0.379 e. The molecule has 26 heteroatoms. The zero-order chi connectivity index (χ0) is 73.5. The molecule has 11 amide bonds. The Bertz CT molecular complexity index is 2620. The third-order valence-corrected chi connectivity index (χ3v) is 19.7. The lowest BCUT2D eigenvalue weighted by molar-refractivity contribution is -0.156. The first-order valence-corrected chi connectivity index (χ1v) is 35.9. The highest BCUT2D eigenvalue weighted by Gasteiger charge is 2.46. The smallest absolute Gasteiger partial charge is 0.246 e. The second-order valence-corrected chi connectivity index (χ2v) is 30.5. The van der Waals surface area contributed by atoms with E-state index in [2.05, 4.69) is 26.2 Å². The largest absolute Gasteiger partial charge is 0.379 e. The van der Waals surface area contributed by atoms with Crippen molar-refractivity contribution in [1.82, 2.24) is 60.5 Å². The first kappa shape index (κ1) is 86.2. The maximum absolute atomic E-state index is 15.6. The van der Waals surface area contributed by atoms with Gasteiger partial charge in [0.25, 0.3) is 0 Å². The van der Waals surface area contributed by atoms with E-state index < -0.39 is 149 Å². The number of carbonyl (C=O) groups excluding carboxylic acids is 11. The SMILES string of the molecule is C/C=C/C[C@@H](C)C[C@H]1C(=O)N[C@@H](CC)C(=O)N(C)[C@H](CSCCN2CCOCC2)C(=O)N(C)[C@@H](CC(C)(C)OC)C(=O)N[C@H](C(C)C)C(=O)N(C)[C@H](CC(C)C)C(=O)N[C@H](C)C(=O)N[C@@H](C)C(=O)N(C)[C@@H](CC(C)C)C(=O)N(C)[C@@H](CC(C)C)C(=O)N(C)[C@@H](C(C)C)C(=O)N1C. The normalized spacial score (nSPS) is 26.9. The fraction of sp³-hybridized carbons (Fsp3) is 0.814. The Kier molecular flexibility index (Phi) is 36.2. The highest BCUT2D eigenvalue weighted by Crippen LogP contribution is 2.27. The predicted molar refractivity (Wildman–Crippen MR) is 377 cm³/mol. The van der Waals surface area contributed by atoms with E-state index in [4.69, 9.17) is 9.47 Å². The molecule has 12 atom stereocenters. The van der Waals surface area contributed by atoms with E-state index in [9.17, 15) is 19.2 Å². The summed E-state index contributed by atoms with van der Waals surface area (Å²) < 4.78 is 11.4. The van der Waals surface area contributed by atoms with Crippen LogP contribution in [0.1, 0.15) is 163 Å². The van der Waals surface area contributed by atoms with Crippen LogP contribution < -0.4 is 21.3 Å². The van der Waals surface area contributed by atoms with E-state index in [0.717, 1.165) is 13.1 Å². The number of likely N-dealkylation sites (N-methyl/N-ethyl adjacent to an activating group) is 7. The molecule has 550 valence electrons. The van der Waals surface area contributed by atoms with Crippen molar-refractivity contribution < 1.29 is 62.2 Å². The molecule has 25 nitrogen and oxygen atoms in total. The Balaban J connectivity index is 3.11. The van der Waals surface area contributed by atoms with Crippen molar-refractivity contribution >= 4 is 76.7 Å². The van der Waals surface area contributed by atoms with Crippen LogP contribution in [0, 0.1) is 35.5 Å². The van der Waals surface area contributed by atoms with Crippen LogP contribution in [0.3, 0.4) is 0 Å². The summed E-state index contributed by atoms with van der Waals surface area (Å²) in [5.74, 6) is -7.90. The summed E-state index contributed by atoms with van der Waals surface area (Å²) in [4.78, 5) is 176. The molecule has 0 bridgehead atoms. The van der Waals surface area contributed by atoms with Gasteiger partial charge in [-0.1, -0.05) is 95.2 Å². The molecule has 0 aromatic heterocycles. The molecule has 2 fully saturated rings. The van der Waals surface area contributed by atoms with Gasteiger partial charge >= 0.3 is 0 Å². The van der Waals surface area contributed by atoms with Gasteiger partial charge in [0.1, 0.15) is 66.5 Å². The predicted octanol–water partition coefficient (Wildman–Crippen LogP) is 4.50. The van der Waals surface area contributed by atoms with Crippen molar-refractivity contribution in [3.63, 3.8) is 0 Å². The van der Waals surface area contributed by atoms with E-state index >= 15 is 33.6 Å². The number of morpholine rings is 1. The molecule has 0 radical (unpaired) electrons. The van der Waals surface area contributed by atoms with E-state index in [-0.39, 0.29) is 67.9 Å². The lowest BCUT2D eigenvalue weighted by Gasteiger charge is -2.41. The number of ether oxygens (including phenoxy) is 2. The number of nitrogens with zero attached hydrogens (tertiary/aromatic N) is 8. The number of nitrogens with one attached hydrogen (secondary N) is 4. The minimum absolute atomic E-state index is 0.0681. The van der Waals surface area contributed by atoms with Crippen molar-refractivity contribution in [3.05, 3.63) is 12.2 Å². The monoisotopic (exact) mass is 1370 g/mol. The maximum Gasteiger partial charge on any atom is 0.246 e. The molecule has 2 rings (SSSR count). The number of thioether (sulfide) groups is 1. The fourth-order valence-electron chi connectivity index (χ4n) is 12.2. The fourth-order valence-corrected chi connectivity index (χ4v) is 13.4. The van der Waals surface area contributed by atoms with Crippen LogP contribution in [0.15, 0.2) is 12.2 Å². The summed E-state index contributed by atoms with van der Waals surface area (Å²) in [6.07, 6.45) is 5.07. The molecule has 0 unspecified atom stereocenters. The van der Waals surface area contributed by atoms with E-state index in [1.54, 1.807) is 48.5 Å². The lowest BCUT2D eigenvalue weighted by atomic mass is 9.93. The molecular weight excluding hydrogens is 1250 g/mol. The molecule has 0 spiro atoms. The number of allylic oxidation sites excluding steroid dienone is 2. The molecule has 0 aliphatic carbocycles. The standard InChI is InChI=1S/C70H126N12O13S/c1-26-28-29-47(13)39-52-61(85)73-50(27-2)64(88)80(23)56(41-96-35-32-82-30-33-95-34-31-82)67(91)79(22)55(40-70(16,17)94-25)62(86)74-57(45(9)10)68(92)75(18)51(36-42(3)4)60(84)71-48(14)59(83)72-49(15)63(87)77(20)53(37-43(5)6)65(89)78(21)54(38-44(7)8)66(90)81(24)58(46(11)12)69(93)76(52)19/h26,28,42-58H,27,29-41H2,1-25H3,(H,71,84)(H,72,83)(H,73,85)(H,74,86)/b28-26+/t47-,48-,49+,50+,51-,52+,53+,54+,55+,56-,57-,58+/m1/s1. The van der Waals surface area contributed by atoms with Crippen LogP contribution in [0.5, 0.6) is 0 Å². The quantitative estimate of drug-likeness (QED) is 0.0910. The van der Waals surface area contributed by atoms with Gasteiger partial charge in [0.2, 0.25) is 65.0 Å².